The number of benzene rings is 1. The van der Waals surface area contributed by atoms with Crippen molar-refractivity contribution < 1.29 is 14.2 Å². The van der Waals surface area contributed by atoms with Gasteiger partial charge in [-0.25, -0.2) is 9.18 Å². The lowest BCUT2D eigenvalue weighted by atomic mass is 10.0. The zero-order chi connectivity index (χ0) is 25.4. The first-order valence-corrected chi connectivity index (χ1v) is 11.7. The molecule has 3 aromatic rings. The molecule has 1 aromatic carbocycles. The Bertz CT molecular complexity index is 1270. The fraction of sp³-hybridized carbons (Fsp3) is 0.385. The maximum absolute atomic E-state index is 13.4. The van der Waals surface area contributed by atoms with Crippen molar-refractivity contribution in [3.8, 4) is 0 Å². The van der Waals surface area contributed by atoms with E-state index in [0.29, 0.717) is 24.5 Å². The zero-order valence-electron chi connectivity index (χ0n) is 20.3. The topological polar surface area (TPSA) is 98.7 Å². The molecular formula is C26H31FN4O4. The third kappa shape index (κ3) is 6.51. The van der Waals surface area contributed by atoms with Gasteiger partial charge in [0.2, 0.25) is 0 Å². The maximum atomic E-state index is 13.4. The molecule has 2 aromatic heterocycles. The second-order valence-electron chi connectivity index (χ2n) is 8.33. The third-order valence-corrected chi connectivity index (χ3v) is 5.61. The molecule has 0 aliphatic rings. The Hall–Kier alpha value is -3.59. The molecule has 0 aliphatic heterocycles. The molecule has 9 heteroatoms. The minimum atomic E-state index is -0.515. The minimum Gasteiger partial charge on any atom is -0.481 e. The first-order valence-electron chi connectivity index (χ1n) is 11.7. The van der Waals surface area contributed by atoms with Gasteiger partial charge in [-0.05, 0) is 56.0 Å². The van der Waals surface area contributed by atoms with Gasteiger partial charge in [0.05, 0.1) is 18.7 Å². The van der Waals surface area contributed by atoms with Crippen LogP contribution in [-0.2, 0) is 24.2 Å². The average molecular weight is 483 g/mol. The molecule has 0 amide bonds. The van der Waals surface area contributed by atoms with Crippen LogP contribution in [0.1, 0.15) is 37.0 Å². The summed E-state index contributed by atoms with van der Waals surface area (Å²) in [6, 6.07) is 9.84. The van der Waals surface area contributed by atoms with Crippen molar-refractivity contribution in [1.29, 1.82) is 0 Å². The maximum Gasteiger partial charge on any atom is 0.332 e. The van der Waals surface area contributed by atoms with Gasteiger partial charge in [-0.2, -0.15) is 4.99 Å². The van der Waals surface area contributed by atoms with Crippen LogP contribution in [0, 0.1) is 18.7 Å². The van der Waals surface area contributed by atoms with Crippen LogP contribution < -0.4 is 11.2 Å². The van der Waals surface area contributed by atoms with Gasteiger partial charge in [-0.15, -0.1) is 0 Å². The number of halogens is 1. The summed E-state index contributed by atoms with van der Waals surface area (Å²) in [7, 11) is 0. The number of ether oxygens (including phenoxy) is 1. The fourth-order valence-corrected chi connectivity index (χ4v) is 3.81. The third-order valence-electron chi connectivity index (χ3n) is 5.61. The Morgan fingerprint density at radius 1 is 1.17 bits per heavy atom. The summed E-state index contributed by atoms with van der Waals surface area (Å²) in [4.78, 5) is 35.3. The number of aliphatic hydroxyl groups is 1. The molecule has 8 nitrogen and oxygen atoms in total. The number of aromatic nitrogens is 3. The summed E-state index contributed by atoms with van der Waals surface area (Å²) < 4.78 is 21.7. The van der Waals surface area contributed by atoms with Crippen molar-refractivity contribution in [3.63, 3.8) is 0 Å². The quantitative estimate of drug-likeness (QED) is 0.353. The van der Waals surface area contributed by atoms with Crippen molar-refractivity contribution in [1.82, 2.24) is 14.1 Å². The molecule has 0 spiro atoms. The lowest BCUT2D eigenvalue weighted by Crippen LogP contribution is -2.41. The van der Waals surface area contributed by atoms with E-state index in [9.17, 15) is 19.1 Å². The Kier molecular flexibility index (Phi) is 9.08. The summed E-state index contributed by atoms with van der Waals surface area (Å²) in [5.41, 5.74) is 1.02. The molecule has 3 rings (SSSR count). The molecule has 186 valence electrons. The molecule has 0 radical (unpaired) electrons. The Balaban J connectivity index is 2.12. The van der Waals surface area contributed by atoms with E-state index in [-0.39, 0.29) is 43.7 Å². The number of hydrogen-bond donors (Lipinski definition) is 1. The first-order chi connectivity index (χ1) is 16.8. The van der Waals surface area contributed by atoms with E-state index >= 15 is 0 Å². The van der Waals surface area contributed by atoms with Crippen molar-refractivity contribution in [2.24, 2.45) is 10.9 Å². The van der Waals surface area contributed by atoms with Crippen LogP contribution in [0.3, 0.4) is 0 Å². The van der Waals surface area contributed by atoms with Crippen molar-refractivity contribution in [2.75, 3.05) is 13.2 Å². The number of aliphatic imine (C=N–C) groups is 1. The number of hydrogen-bond acceptors (Lipinski definition) is 6. The molecule has 2 heterocycles. The van der Waals surface area contributed by atoms with Crippen molar-refractivity contribution >= 4 is 11.7 Å². The smallest absolute Gasteiger partial charge is 0.332 e. The highest BCUT2D eigenvalue weighted by Gasteiger charge is 2.20. The van der Waals surface area contributed by atoms with Crippen LogP contribution >= 0.6 is 0 Å². The van der Waals surface area contributed by atoms with Gasteiger partial charge in [0.15, 0.2) is 5.90 Å². The molecule has 0 fully saturated rings. The fourth-order valence-electron chi connectivity index (χ4n) is 3.81. The van der Waals surface area contributed by atoms with E-state index in [1.54, 1.807) is 37.5 Å². The molecular weight excluding hydrogens is 451 g/mol. The predicted octanol–water partition coefficient (Wildman–Crippen LogP) is 3.23. The highest BCUT2D eigenvalue weighted by molar-refractivity contribution is 5.81. The lowest BCUT2D eigenvalue weighted by Gasteiger charge is -2.19. The number of nitrogens with zero attached hydrogens (tertiary/aromatic N) is 4. The van der Waals surface area contributed by atoms with Gasteiger partial charge < -0.3 is 9.84 Å². The molecule has 1 atom stereocenters. The monoisotopic (exact) mass is 482 g/mol. The van der Waals surface area contributed by atoms with Crippen molar-refractivity contribution in [2.45, 2.75) is 46.7 Å². The molecule has 0 aliphatic carbocycles. The summed E-state index contributed by atoms with van der Waals surface area (Å²) in [6.07, 6.45) is 4.11. The predicted molar refractivity (Wildman–Crippen MR) is 133 cm³/mol. The van der Waals surface area contributed by atoms with E-state index in [0.717, 1.165) is 15.7 Å². The normalized spacial score (nSPS) is 12.5. The summed E-state index contributed by atoms with van der Waals surface area (Å²) >= 11 is 0. The second kappa shape index (κ2) is 12.2. The van der Waals surface area contributed by atoms with E-state index in [1.807, 2.05) is 19.9 Å². The molecule has 0 bridgehead atoms. The summed E-state index contributed by atoms with van der Waals surface area (Å²) in [5, 5.41) is 9.22. The van der Waals surface area contributed by atoms with Crippen molar-refractivity contribution in [3.05, 3.63) is 92.1 Å². The van der Waals surface area contributed by atoms with Gasteiger partial charge >= 0.3 is 5.69 Å². The van der Waals surface area contributed by atoms with Crippen LogP contribution in [0.4, 0.5) is 10.2 Å². The number of rotatable bonds is 10. The standard InChI is InChI=1S/C26H31FN4O4/c1-4-35-24(18(2)15-20-8-10-22(27)11-9-20)29-23-19(3)25(33)30(13-6-14-32)26(34)31(23)17-21-7-5-12-28-16-21/h5,7-12,16,18,32H,4,6,13-15,17H2,1-3H3/b29-24+. The lowest BCUT2D eigenvalue weighted by molar-refractivity contribution is 0.277. The van der Waals surface area contributed by atoms with E-state index < -0.39 is 11.2 Å². The highest BCUT2D eigenvalue weighted by Crippen LogP contribution is 2.20. The minimum absolute atomic E-state index is 0.103. The Morgan fingerprint density at radius 2 is 1.91 bits per heavy atom. The summed E-state index contributed by atoms with van der Waals surface area (Å²) in [6.45, 7) is 5.88. The Labute approximate surface area is 203 Å². The molecule has 0 saturated carbocycles. The summed E-state index contributed by atoms with van der Waals surface area (Å²) in [5.74, 6) is 0.0979. The molecule has 35 heavy (non-hydrogen) atoms. The van der Waals surface area contributed by atoms with E-state index in [1.165, 1.54) is 16.7 Å². The van der Waals surface area contributed by atoms with Gasteiger partial charge in [0.25, 0.3) is 5.56 Å². The Morgan fingerprint density at radius 3 is 2.54 bits per heavy atom. The second-order valence-corrected chi connectivity index (χ2v) is 8.33. The first kappa shape index (κ1) is 26.0. The van der Waals surface area contributed by atoms with Gasteiger partial charge in [-0.3, -0.25) is 18.9 Å². The number of pyridine rings is 1. The van der Waals surface area contributed by atoms with E-state index in [2.05, 4.69) is 4.98 Å². The van der Waals surface area contributed by atoms with Crippen LogP contribution in [-0.4, -0.2) is 38.3 Å². The SMILES string of the molecule is CCO/C(=N/c1c(C)c(=O)n(CCCO)c(=O)n1Cc1cccnc1)C(C)Cc1ccc(F)cc1. The zero-order valence-corrected chi connectivity index (χ0v) is 20.3. The van der Waals surface area contributed by atoms with Crippen LogP contribution in [0.25, 0.3) is 0 Å². The van der Waals surface area contributed by atoms with Gasteiger partial charge in [0.1, 0.15) is 11.6 Å². The average Bonchev–Trinajstić information content (AvgIpc) is 2.86. The molecule has 0 saturated heterocycles. The molecule has 1 unspecified atom stereocenters. The van der Waals surface area contributed by atoms with Crippen LogP contribution in [0.5, 0.6) is 0 Å². The van der Waals surface area contributed by atoms with Crippen LogP contribution in [0.15, 0.2) is 63.4 Å². The van der Waals surface area contributed by atoms with E-state index in [4.69, 9.17) is 9.73 Å². The van der Waals surface area contributed by atoms with Gasteiger partial charge in [-0.1, -0.05) is 25.1 Å². The van der Waals surface area contributed by atoms with Gasteiger partial charge in [0, 0.05) is 31.5 Å². The van der Waals surface area contributed by atoms with Crippen LogP contribution in [0.2, 0.25) is 0 Å². The molecule has 1 N–H and O–H groups in total. The number of aliphatic hydroxyl groups excluding tert-OH is 1. The highest BCUT2D eigenvalue weighted by atomic mass is 19.1. The largest absolute Gasteiger partial charge is 0.481 e.